The van der Waals surface area contributed by atoms with Crippen LogP contribution in [0.1, 0.15) is 5.69 Å². The van der Waals surface area contributed by atoms with Crippen molar-refractivity contribution in [3.63, 3.8) is 0 Å². The van der Waals surface area contributed by atoms with E-state index >= 15 is 0 Å². The zero-order chi connectivity index (χ0) is 18.4. The third kappa shape index (κ3) is 2.88. The van der Waals surface area contributed by atoms with Crippen molar-refractivity contribution in [1.82, 2.24) is 24.5 Å². The molecule has 2 N–H and O–H groups in total. The summed E-state index contributed by atoms with van der Waals surface area (Å²) < 4.78 is 44.1. The number of pyridine rings is 1. The van der Waals surface area contributed by atoms with Crippen molar-refractivity contribution in [3.05, 3.63) is 55.1 Å². The zero-order valence-corrected chi connectivity index (χ0v) is 12.3. The Labute approximate surface area is 134 Å². The minimum absolute atomic E-state index is 0.183. The molecule has 0 radical (unpaired) electrons. The SMILES string of the molecule is COc1cc(=O)[nH]c(-n2c(=O)[nH]c(=O)c3ccc(C(F)(F)F)nc32)n1. The Morgan fingerprint density at radius 2 is 1.84 bits per heavy atom. The van der Waals surface area contributed by atoms with Gasteiger partial charge in [0.15, 0.2) is 5.65 Å². The molecule has 0 atom stereocenters. The number of nitrogens with zero attached hydrogens (tertiary/aromatic N) is 3. The maximum absolute atomic E-state index is 12.9. The maximum atomic E-state index is 12.9. The van der Waals surface area contributed by atoms with Crippen LogP contribution in [0.4, 0.5) is 13.2 Å². The second-order valence-electron chi connectivity index (χ2n) is 4.77. The number of alkyl halides is 3. The summed E-state index contributed by atoms with van der Waals surface area (Å²) in [4.78, 5) is 46.8. The first-order valence-electron chi connectivity index (χ1n) is 6.59. The van der Waals surface area contributed by atoms with Crippen LogP contribution in [0, 0.1) is 0 Å². The normalized spacial score (nSPS) is 11.7. The monoisotopic (exact) mass is 355 g/mol. The van der Waals surface area contributed by atoms with E-state index in [1.165, 1.54) is 7.11 Å². The Morgan fingerprint density at radius 1 is 1.12 bits per heavy atom. The van der Waals surface area contributed by atoms with Gasteiger partial charge >= 0.3 is 11.9 Å². The summed E-state index contributed by atoms with van der Waals surface area (Å²) >= 11 is 0. The van der Waals surface area contributed by atoms with Gasteiger partial charge in [-0.15, -0.1) is 0 Å². The Kier molecular flexibility index (Phi) is 3.66. The highest BCUT2D eigenvalue weighted by Gasteiger charge is 2.33. The van der Waals surface area contributed by atoms with Crippen molar-refractivity contribution in [1.29, 1.82) is 0 Å². The van der Waals surface area contributed by atoms with Crippen LogP contribution in [0.2, 0.25) is 0 Å². The fourth-order valence-corrected chi connectivity index (χ4v) is 2.10. The number of hydrogen-bond acceptors (Lipinski definition) is 6. The molecule has 0 aliphatic carbocycles. The molecule has 0 aromatic carbocycles. The van der Waals surface area contributed by atoms with E-state index in [2.05, 4.69) is 15.0 Å². The first kappa shape index (κ1) is 16.4. The molecule has 0 saturated heterocycles. The van der Waals surface area contributed by atoms with Crippen LogP contribution in [0.3, 0.4) is 0 Å². The number of fused-ring (bicyclic) bond motifs is 1. The first-order chi connectivity index (χ1) is 11.7. The van der Waals surface area contributed by atoms with E-state index in [1.54, 1.807) is 0 Å². The van der Waals surface area contributed by atoms with E-state index in [9.17, 15) is 27.6 Å². The largest absolute Gasteiger partial charge is 0.481 e. The number of aromatic amines is 2. The summed E-state index contributed by atoms with van der Waals surface area (Å²) in [5, 5.41) is -0.293. The summed E-state index contributed by atoms with van der Waals surface area (Å²) in [6.07, 6.45) is -4.80. The van der Waals surface area contributed by atoms with Crippen molar-refractivity contribution < 1.29 is 17.9 Å². The van der Waals surface area contributed by atoms with Gasteiger partial charge in [0.05, 0.1) is 18.6 Å². The Balaban J connectivity index is 2.46. The molecule has 0 aliphatic rings. The molecule has 12 heteroatoms. The number of rotatable bonds is 2. The lowest BCUT2D eigenvalue weighted by Gasteiger charge is -2.11. The second kappa shape index (κ2) is 5.58. The molecule has 25 heavy (non-hydrogen) atoms. The zero-order valence-electron chi connectivity index (χ0n) is 12.3. The summed E-state index contributed by atoms with van der Waals surface area (Å²) in [6.45, 7) is 0. The van der Waals surface area contributed by atoms with Crippen LogP contribution >= 0.6 is 0 Å². The molecule has 0 fully saturated rings. The van der Waals surface area contributed by atoms with Crippen molar-refractivity contribution in [2.45, 2.75) is 6.18 Å². The Hall–Kier alpha value is -3.44. The summed E-state index contributed by atoms with van der Waals surface area (Å²) in [7, 11) is 1.21. The number of ether oxygens (including phenoxy) is 1. The van der Waals surface area contributed by atoms with Crippen molar-refractivity contribution in [2.75, 3.05) is 7.11 Å². The fraction of sp³-hybridized carbons (Fsp3) is 0.154. The second-order valence-corrected chi connectivity index (χ2v) is 4.77. The molecule has 3 rings (SSSR count). The highest BCUT2D eigenvalue weighted by Crippen LogP contribution is 2.28. The van der Waals surface area contributed by atoms with Crippen molar-refractivity contribution in [3.8, 4) is 11.8 Å². The average molecular weight is 355 g/mol. The van der Waals surface area contributed by atoms with Gasteiger partial charge in [0.25, 0.3) is 11.1 Å². The molecule has 0 amide bonds. The predicted octanol–water partition coefficient (Wildman–Crippen LogP) is 0.185. The molecule has 0 saturated carbocycles. The van der Waals surface area contributed by atoms with Crippen LogP contribution in [0.5, 0.6) is 5.88 Å². The van der Waals surface area contributed by atoms with Crippen LogP contribution in [-0.2, 0) is 6.18 Å². The first-order valence-corrected chi connectivity index (χ1v) is 6.59. The van der Waals surface area contributed by atoms with Crippen LogP contribution in [-0.4, -0.2) is 31.6 Å². The highest BCUT2D eigenvalue weighted by atomic mass is 19.4. The molecule has 0 aliphatic heterocycles. The molecular weight excluding hydrogens is 347 g/mol. The van der Waals surface area contributed by atoms with Crippen molar-refractivity contribution >= 4 is 11.0 Å². The van der Waals surface area contributed by atoms with Crippen LogP contribution in [0.15, 0.2) is 32.6 Å². The van der Waals surface area contributed by atoms with E-state index < -0.39 is 40.3 Å². The van der Waals surface area contributed by atoms with E-state index in [4.69, 9.17) is 4.74 Å². The fourth-order valence-electron chi connectivity index (χ4n) is 2.10. The van der Waals surface area contributed by atoms with Gasteiger partial charge in [-0.25, -0.2) is 14.3 Å². The molecule has 130 valence electrons. The third-order valence-corrected chi connectivity index (χ3v) is 3.17. The lowest BCUT2D eigenvalue weighted by Crippen LogP contribution is -2.32. The van der Waals surface area contributed by atoms with Gasteiger partial charge < -0.3 is 4.74 Å². The summed E-state index contributed by atoms with van der Waals surface area (Å²) in [5.41, 5.74) is -4.70. The van der Waals surface area contributed by atoms with E-state index in [0.29, 0.717) is 10.6 Å². The molecular formula is C13H8F3N5O4. The number of halogens is 3. The van der Waals surface area contributed by atoms with Gasteiger partial charge in [0.1, 0.15) is 5.69 Å². The van der Waals surface area contributed by atoms with Crippen LogP contribution < -0.4 is 21.5 Å². The molecule has 0 unspecified atom stereocenters. The number of hydrogen-bond donors (Lipinski definition) is 2. The molecule has 3 aromatic heterocycles. The highest BCUT2D eigenvalue weighted by molar-refractivity contribution is 5.75. The van der Waals surface area contributed by atoms with Gasteiger partial charge in [-0.05, 0) is 12.1 Å². The van der Waals surface area contributed by atoms with Gasteiger partial charge in [-0.1, -0.05) is 0 Å². The minimum Gasteiger partial charge on any atom is -0.481 e. The number of H-pyrrole nitrogens is 2. The third-order valence-electron chi connectivity index (χ3n) is 3.17. The van der Waals surface area contributed by atoms with E-state index in [0.717, 1.165) is 12.1 Å². The van der Waals surface area contributed by atoms with Gasteiger partial charge in [-0.3, -0.25) is 19.6 Å². The summed E-state index contributed by atoms with van der Waals surface area (Å²) in [6, 6.07) is 2.45. The maximum Gasteiger partial charge on any atom is 0.433 e. The number of nitrogens with one attached hydrogen (secondary N) is 2. The smallest absolute Gasteiger partial charge is 0.433 e. The molecule has 9 nitrogen and oxygen atoms in total. The van der Waals surface area contributed by atoms with Gasteiger partial charge in [-0.2, -0.15) is 18.2 Å². The number of aromatic nitrogens is 5. The van der Waals surface area contributed by atoms with Crippen molar-refractivity contribution in [2.24, 2.45) is 0 Å². The van der Waals surface area contributed by atoms with Gasteiger partial charge in [0, 0.05) is 0 Å². The number of methoxy groups -OCH3 is 1. The standard InChI is InChI=1S/C13H8F3N5O4/c1-25-8-4-7(22)18-11(19-8)21-9-5(10(23)20-12(21)24)2-3-6(17-9)13(14,15)16/h2-4H,1H3,(H,18,19,22)(H,20,23,24). The quantitative estimate of drug-likeness (QED) is 0.676. The van der Waals surface area contributed by atoms with E-state index in [-0.39, 0.29) is 11.3 Å². The van der Waals surface area contributed by atoms with Gasteiger partial charge in [0.2, 0.25) is 11.8 Å². The predicted molar refractivity (Wildman–Crippen MR) is 77.9 cm³/mol. The molecule has 3 heterocycles. The lowest BCUT2D eigenvalue weighted by molar-refractivity contribution is -0.141. The average Bonchev–Trinajstić information content (AvgIpc) is 2.53. The Bertz CT molecular complexity index is 1150. The molecule has 0 bridgehead atoms. The molecule has 3 aromatic rings. The molecule has 0 spiro atoms. The lowest BCUT2D eigenvalue weighted by atomic mass is 10.3. The summed E-state index contributed by atoms with van der Waals surface area (Å²) in [5.74, 6) is -0.639. The van der Waals surface area contributed by atoms with E-state index in [1.807, 2.05) is 4.98 Å². The van der Waals surface area contributed by atoms with Crippen LogP contribution in [0.25, 0.3) is 17.0 Å². The topological polar surface area (TPSA) is 123 Å². The Morgan fingerprint density at radius 3 is 2.48 bits per heavy atom. The minimum atomic E-state index is -4.80.